The van der Waals surface area contributed by atoms with Gasteiger partial charge in [0.15, 0.2) is 0 Å². The molecule has 0 aliphatic rings. The number of benzene rings is 1. The first-order chi connectivity index (χ1) is 7.23. The van der Waals surface area contributed by atoms with Crippen LogP contribution in [0.2, 0.25) is 0 Å². The normalized spacial score (nSPS) is 11.9. The van der Waals surface area contributed by atoms with Gasteiger partial charge in [-0.3, -0.25) is 4.79 Å². The molecular formula is C11H12F3NO. The standard InChI is InChI=1S/C11H12F3NO/c1-6(2)8-4-3-7(10(15)16)5-9(8)11(12,13)14/h3-6H,1-2H3,(H2,15,16). The molecule has 88 valence electrons. The van der Waals surface area contributed by atoms with Crippen LogP contribution in [-0.2, 0) is 6.18 Å². The maximum absolute atomic E-state index is 12.7. The fourth-order valence-corrected chi connectivity index (χ4v) is 1.46. The molecular weight excluding hydrogens is 219 g/mol. The highest BCUT2D eigenvalue weighted by Gasteiger charge is 2.34. The Balaban J connectivity index is 3.39. The van der Waals surface area contributed by atoms with Crippen molar-refractivity contribution in [3.8, 4) is 0 Å². The largest absolute Gasteiger partial charge is 0.416 e. The molecule has 0 spiro atoms. The molecule has 1 aromatic rings. The zero-order chi connectivity index (χ0) is 12.5. The van der Waals surface area contributed by atoms with Crippen molar-refractivity contribution in [3.63, 3.8) is 0 Å². The number of hydrogen-bond acceptors (Lipinski definition) is 1. The third-order valence-electron chi connectivity index (χ3n) is 2.27. The van der Waals surface area contributed by atoms with Crippen LogP contribution < -0.4 is 5.73 Å². The van der Waals surface area contributed by atoms with Crippen LogP contribution in [0.4, 0.5) is 13.2 Å². The lowest BCUT2D eigenvalue weighted by atomic mass is 9.95. The zero-order valence-electron chi connectivity index (χ0n) is 8.93. The van der Waals surface area contributed by atoms with E-state index in [0.717, 1.165) is 6.07 Å². The summed E-state index contributed by atoms with van der Waals surface area (Å²) in [5.74, 6) is -1.13. The molecule has 0 atom stereocenters. The Hall–Kier alpha value is -1.52. The van der Waals surface area contributed by atoms with Gasteiger partial charge in [-0.05, 0) is 23.6 Å². The van der Waals surface area contributed by atoms with E-state index in [9.17, 15) is 18.0 Å². The van der Waals surface area contributed by atoms with E-state index in [-0.39, 0.29) is 17.0 Å². The second-order valence-electron chi connectivity index (χ2n) is 3.82. The lowest BCUT2D eigenvalue weighted by molar-refractivity contribution is -0.138. The van der Waals surface area contributed by atoms with Crippen molar-refractivity contribution in [3.05, 3.63) is 34.9 Å². The van der Waals surface area contributed by atoms with Gasteiger partial charge in [0.1, 0.15) is 0 Å². The molecule has 0 saturated carbocycles. The number of carbonyl (C=O) groups is 1. The van der Waals surface area contributed by atoms with Crippen LogP contribution in [0, 0.1) is 0 Å². The van der Waals surface area contributed by atoms with Gasteiger partial charge in [0.25, 0.3) is 0 Å². The van der Waals surface area contributed by atoms with Crippen molar-refractivity contribution in [1.82, 2.24) is 0 Å². The molecule has 0 aromatic heterocycles. The second kappa shape index (κ2) is 4.15. The fraction of sp³-hybridized carbons (Fsp3) is 0.364. The number of alkyl halides is 3. The number of halogens is 3. The first-order valence-electron chi connectivity index (χ1n) is 4.74. The monoisotopic (exact) mass is 231 g/mol. The summed E-state index contributed by atoms with van der Waals surface area (Å²) < 4.78 is 38.1. The van der Waals surface area contributed by atoms with E-state index in [1.807, 2.05) is 0 Å². The van der Waals surface area contributed by atoms with Crippen molar-refractivity contribution in [2.24, 2.45) is 5.73 Å². The molecule has 16 heavy (non-hydrogen) atoms. The van der Waals surface area contributed by atoms with Gasteiger partial charge in [0.2, 0.25) is 5.91 Å². The Labute approximate surface area is 91.3 Å². The number of amides is 1. The van der Waals surface area contributed by atoms with Gasteiger partial charge in [0.05, 0.1) is 5.56 Å². The van der Waals surface area contributed by atoms with Crippen molar-refractivity contribution >= 4 is 5.91 Å². The number of primary amides is 1. The third kappa shape index (κ3) is 2.53. The molecule has 2 nitrogen and oxygen atoms in total. The highest BCUT2D eigenvalue weighted by molar-refractivity contribution is 5.93. The fourth-order valence-electron chi connectivity index (χ4n) is 1.46. The minimum atomic E-state index is -4.47. The first kappa shape index (κ1) is 12.5. The van der Waals surface area contributed by atoms with E-state index in [1.165, 1.54) is 12.1 Å². The van der Waals surface area contributed by atoms with Gasteiger partial charge in [-0.1, -0.05) is 19.9 Å². The summed E-state index contributed by atoms with van der Waals surface area (Å²) in [6, 6.07) is 3.41. The SMILES string of the molecule is CC(C)c1ccc(C(N)=O)cc1C(F)(F)F. The van der Waals surface area contributed by atoms with E-state index >= 15 is 0 Å². The molecule has 1 amide bonds. The average Bonchev–Trinajstić information content (AvgIpc) is 2.15. The number of hydrogen-bond donors (Lipinski definition) is 1. The topological polar surface area (TPSA) is 43.1 Å². The summed E-state index contributed by atoms with van der Waals surface area (Å²) >= 11 is 0. The smallest absolute Gasteiger partial charge is 0.366 e. The average molecular weight is 231 g/mol. The van der Waals surface area contributed by atoms with Gasteiger partial charge in [0, 0.05) is 5.56 Å². The Morgan fingerprint density at radius 2 is 1.88 bits per heavy atom. The van der Waals surface area contributed by atoms with E-state index in [0.29, 0.717) is 0 Å². The molecule has 0 saturated heterocycles. The molecule has 0 aliphatic heterocycles. The minimum Gasteiger partial charge on any atom is -0.366 e. The summed E-state index contributed by atoms with van der Waals surface area (Å²) in [6.07, 6.45) is -4.47. The predicted octanol–water partition coefficient (Wildman–Crippen LogP) is 2.93. The number of nitrogens with two attached hydrogens (primary N) is 1. The van der Waals surface area contributed by atoms with Crippen LogP contribution in [0.1, 0.15) is 41.3 Å². The molecule has 1 aromatic carbocycles. The van der Waals surface area contributed by atoms with Gasteiger partial charge in [-0.25, -0.2) is 0 Å². The lowest BCUT2D eigenvalue weighted by Gasteiger charge is -2.16. The van der Waals surface area contributed by atoms with Crippen LogP contribution in [0.15, 0.2) is 18.2 Å². The van der Waals surface area contributed by atoms with Crippen LogP contribution in [0.5, 0.6) is 0 Å². The maximum Gasteiger partial charge on any atom is 0.416 e. The van der Waals surface area contributed by atoms with E-state index in [2.05, 4.69) is 0 Å². The van der Waals surface area contributed by atoms with Crippen LogP contribution >= 0.6 is 0 Å². The lowest BCUT2D eigenvalue weighted by Crippen LogP contribution is -2.15. The van der Waals surface area contributed by atoms with Crippen LogP contribution in [0.25, 0.3) is 0 Å². The predicted molar refractivity (Wildman–Crippen MR) is 54.1 cm³/mol. The third-order valence-corrected chi connectivity index (χ3v) is 2.27. The summed E-state index contributed by atoms with van der Waals surface area (Å²) in [5, 5.41) is 0. The Kier molecular flexibility index (Phi) is 3.26. The summed E-state index contributed by atoms with van der Waals surface area (Å²) in [6.45, 7) is 3.32. The van der Waals surface area contributed by atoms with Gasteiger partial charge in [-0.15, -0.1) is 0 Å². The molecule has 0 aliphatic carbocycles. The summed E-state index contributed by atoms with van der Waals surface area (Å²) in [7, 11) is 0. The minimum absolute atomic E-state index is 0.128. The number of carbonyl (C=O) groups excluding carboxylic acids is 1. The molecule has 0 radical (unpaired) electrons. The molecule has 0 heterocycles. The van der Waals surface area contributed by atoms with E-state index in [1.54, 1.807) is 13.8 Å². The first-order valence-corrected chi connectivity index (χ1v) is 4.74. The Morgan fingerprint density at radius 1 is 1.31 bits per heavy atom. The van der Waals surface area contributed by atoms with Gasteiger partial charge in [-0.2, -0.15) is 13.2 Å². The van der Waals surface area contributed by atoms with Crippen LogP contribution in [-0.4, -0.2) is 5.91 Å². The highest BCUT2D eigenvalue weighted by Crippen LogP contribution is 2.35. The maximum atomic E-state index is 12.7. The zero-order valence-corrected chi connectivity index (χ0v) is 8.93. The second-order valence-corrected chi connectivity index (χ2v) is 3.82. The van der Waals surface area contributed by atoms with Crippen molar-refractivity contribution in [2.75, 3.05) is 0 Å². The molecule has 5 heteroatoms. The molecule has 1 rings (SSSR count). The van der Waals surface area contributed by atoms with E-state index < -0.39 is 17.6 Å². The van der Waals surface area contributed by atoms with Gasteiger partial charge >= 0.3 is 6.18 Å². The van der Waals surface area contributed by atoms with Crippen molar-refractivity contribution < 1.29 is 18.0 Å². The van der Waals surface area contributed by atoms with Crippen molar-refractivity contribution in [2.45, 2.75) is 25.9 Å². The summed E-state index contributed by atoms with van der Waals surface area (Å²) in [5.41, 5.74) is 4.19. The number of rotatable bonds is 2. The Bertz CT molecular complexity index is 410. The molecule has 0 fully saturated rings. The van der Waals surface area contributed by atoms with Gasteiger partial charge < -0.3 is 5.73 Å². The molecule has 0 bridgehead atoms. The van der Waals surface area contributed by atoms with E-state index in [4.69, 9.17) is 5.73 Å². The van der Waals surface area contributed by atoms with Crippen LogP contribution in [0.3, 0.4) is 0 Å². The van der Waals surface area contributed by atoms with Crippen molar-refractivity contribution in [1.29, 1.82) is 0 Å². The molecule has 2 N–H and O–H groups in total. The Morgan fingerprint density at radius 3 is 2.25 bits per heavy atom. The highest BCUT2D eigenvalue weighted by atomic mass is 19.4. The molecule has 0 unspecified atom stereocenters. The summed E-state index contributed by atoms with van der Waals surface area (Å²) in [4.78, 5) is 10.8. The quantitative estimate of drug-likeness (QED) is 0.835.